The van der Waals surface area contributed by atoms with Gasteiger partial charge in [0.15, 0.2) is 5.82 Å². The first-order valence-corrected chi connectivity index (χ1v) is 10.8. The molecule has 0 bridgehead atoms. The van der Waals surface area contributed by atoms with Gasteiger partial charge in [0.25, 0.3) is 5.91 Å². The van der Waals surface area contributed by atoms with Gasteiger partial charge in [0.05, 0.1) is 10.6 Å². The Labute approximate surface area is 180 Å². The predicted molar refractivity (Wildman–Crippen MR) is 122 cm³/mol. The van der Waals surface area contributed by atoms with Crippen molar-refractivity contribution >= 4 is 23.1 Å². The lowest BCUT2D eigenvalue weighted by Crippen LogP contribution is -2.37. The summed E-state index contributed by atoms with van der Waals surface area (Å²) in [5.74, 6) is 0.641. The highest BCUT2D eigenvalue weighted by molar-refractivity contribution is 7.12. The Bertz CT molecular complexity index is 1060. The third-order valence-electron chi connectivity index (χ3n) is 4.85. The normalized spacial score (nSPS) is 11.0. The fourth-order valence-electron chi connectivity index (χ4n) is 3.28. The highest BCUT2D eigenvalue weighted by Crippen LogP contribution is 2.19. The van der Waals surface area contributed by atoms with Crippen molar-refractivity contribution in [3.05, 3.63) is 101 Å². The van der Waals surface area contributed by atoms with Crippen LogP contribution in [-0.2, 0) is 6.54 Å². The molecule has 0 spiro atoms. The summed E-state index contributed by atoms with van der Waals surface area (Å²) in [4.78, 5) is 17.9. The number of amides is 1. The molecule has 2 heterocycles. The van der Waals surface area contributed by atoms with Crippen LogP contribution in [0.15, 0.2) is 90.4 Å². The minimum atomic E-state index is -0.0172. The van der Waals surface area contributed by atoms with Gasteiger partial charge in [-0.3, -0.25) is 9.69 Å². The van der Waals surface area contributed by atoms with E-state index in [-0.39, 0.29) is 5.91 Å². The second kappa shape index (κ2) is 9.52. The lowest BCUT2D eigenvalue weighted by molar-refractivity contribution is 0.0987. The van der Waals surface area contributed by atoms with Gasteiger partial charge in [-0.1, -0.05) is 54.6 Å². The Morgan fingerprint density at radius 3 is 2.37 bits per heavy atom. The second-order valence-corrected chi connectivity index (χ2v) is 8.06. The van der Waals surface area contributed by atoms with Gasteiger partial charge in [-0.25, -0.2) is 4.68 Å². The van der Waals surface area contributed by atoms with Gasteiger partial charge in [-0.15, -0.1) is 16.4 Å². The van der Waals surface area contributed by atoms with Crippen LogP contribution in [0, 0.1) is 0 Å². The lowest BCUT2D eigenvalue weighted by atomic mass is 10.2. The molecule has 0 atom stereocenters. The highest BCUT2D eigenvalue weighted by atomic mass is 32.1. The smallest absolute Gasteiger partial charge is 0.269 e. The maximum Gasteiger partial charge on any atom is 0.269 e. The summed E-state index contributed by atoms with van der Waals surface area (Å²) < 4.78 is 1.80. The van der Waals surface area contributed by atoms with E-state index >= 15 is 0 Å². The minimum absolute atomic E-state index is 0.0172. The van der Waals surface area contributed by atoms with Crippen molar-refractivity contribution in [3.63, 3.8) is 0 Å². The number of hydrogen-bond donors (Lipinski definition) is 0. The van der Waals surface area contributed by atoms with E-state index in [0.717, 1.165) is 23.7 Å². The monoisotopic (exact) mass is 416 g/mol. The van der Waals surface area contributed by atoms with Gasteiger partial charge < -0.3 is 4.90 Å². The van der Waals surface area contributed by atoms with Crippen molar-refractivity contribution in [1.29, 1.82) is 0 Å². The van der Waals surface area contributed by atoms with E-state index in [1.165, 1.54) is 16.9 Å². The van der Waals surface area contributed by atoms with Crippen LogP contribution >= 0.6 is 11.3 Å². The van der Waals surface area contributed by atoms with E-state index in [0.29, 0.717) is 12.4 Å². The molecule has 0 aliphatic rings. The van der Waals surface area contributed by atoms with Gasteiger partial charge in [0.2, 0.25) is 0 Å². The molecule has 2 aromatic heterocycles. The fourth-order valence-corrected chi connectivity index (χ4v) is 3.95. The first kappa shape index (κ1) is 20.1. The number of nitrogens with zero attached hydrogens (tertiary/aromatic N) is 4. The second-order valence-electron chi connectivity index (χ2n) is 7.11. The number of para-hydroxylation sites is 1. The molecule has 6 heteroatoms. The van der Waals surface area contributed by atoms with Gasteiger partial charge in [-0.2, -0.15) is 0 Å². The van der Waals surface area contributed by atoms with E-state index in [1.54, 1.807) is 9.58 Å². The molecule has 4 rings (SSSR count). The zero-order valence-corrected chi connectivity index (χ0v) is 17.7. The molecule has 0 radical (unpaired) electrons. The largest absolute Gasteiger partial charge is 0.300 e. The Hall–Kier alpha value is -3.22. The van der Waals surface area contributed by atoms with E-state index in [2.05, 4.69) is 29.2 Å². The topological polar surface area (TPSA) is 41.4 Å². The van der Waals surface area contributed by atoms with Crippen LogP contribution in [0.2, 0.25) is 0 Å². The van der Waals surface area contributed by atoms with Crippen LogP contribution in [0.4, 0.5) is 5.82 Å². The van der Waals surface area contributed by atoms with E-state index in [1.807, 2.05) is 78.3 Å². The quantitative estimate of drug-likeness (QED) is 0.418. The van der Waals surface area contributed by atoms with Crippen LogP contribution in [0.25, 0.3) is 5.69 Å². The third kappa shape index (κ3) is 4.84. The number of hydrogen-bond acceptors (Lipinski definition) is 4. The third-order valence-corrected chi connectivity index (χ3v) is 5.71. The van der Waals surface area contributed by atoms with E-state index < -0.39 is 0 Å². The lowest BCUT2D eigenvalue weighted by Gasteiger charge is -2.24. The Kier molecular flexibility index (Phi) is 6.37. The number of aromatic nitrogens is 2. The summed E-state index contributed by atoms with van der Waals surface area (Å²) in [6, 6.07) is 25.9. The van der Waals surface area contributed by atoms with E-state index in [9.17, 15) is 4.79 Å². The zero-order chi connectivity index (χ0) is 20.8. The summed E-state index contributed by atoms with van der Waals surface area (Å²) in [6.07, 6.45) is 1.90. The van der Waals surface area contributed by atoms with E-state index in [4.69, 9.17) is 0 Å². The van der Waals surface area contributed by atoms with Gasteiger partial charge in [0, 0.05) is 31.9 Å². The molecule has 0 aliphatic carbocycles. The number of thiophene rings is 1. The van der Waals surface area contributed by atoms with Crippen molar-refractivity contribution in [2.75, 3.05) is 25.0 Å². The number of likely N-dealkylation sites (N-methyl/N-ethyl adjacent to an activating group) is 1. The maximum atomic E-state index is 13.2. The molecule has 152 valence electrons. The molecule has 0 unspecified atom stereocenters. The number of carbonyl (C=O) groups excluding carboxylic acids is 1. The molecule has 0 fully saturated rings. The maximum absolute atomic E-state index is 13.2. The summed E-state index contributed by atoms with van der Waals surface area (Å²) in [5.41, 5.74) is 2.22. The van der Waals surface area contributed by atoms with Gasteiger partial charge in [0.1, 0.15) is 0 Å². The average molecular weight is 417 g/mol. The molecular weight excluding hydrogens is 392 g/mol. The van der Waals surface area contributed by atoms with Crippen molar-refractivity contribution in [3.8, 4) is 5.69 Å². The number of anilines is 1. The van der Waals surface area contributed by atoms with Crippen LogP contribution in [0.5, 0.6) is 0 Å². The predicted octanol–water partition coefficient (Wildman–Crippen LogP) is 4.71. The first-order chi connectivity index (χ1) is 14.7. The highest BCUT2D eigenvalue weighted by Gasteiger charge is 2.21. The van der Waals surface area contributed by atoms with Gasteiger partial charge >= 0.3 is 0 Å². The number of benzene rings is 2. The zero-order valence-electron chi connectivity index (χ0n) is 16.9. The summed E-state index contributed by atoms with van der Waals surface area (Å²) in [6.45, 7) is 2.14. The molecule has 0 saturated carbocycles. The number of carbonyl (C=O) groups is 1. The van der Waals surface area contributed by atoms with Crippen LogP contribution in [0.1, 0.15) is 15.2 Å². The van der Waals surface area contributed by atoms with Crippen molar-refractivity contribution < 1.29 is 4.79 Å². The van der Waals surface area contributed by atoms with Crippen LogP contribution in [0.3, 0.4) is 0 Å². The van der Waals surface area contributed by atoms with Gasteiger partial charge in [-0.05, 0) is 36.2 Å². The molecule has 30 heavy (non-hydrogen) atoms. The molecule has 2 aromatic carbocycles. The number of rotatable bonds is 8. The Morgan fingerprint density at radius 2 is 1.67 bits per heavy atom. The van der Waals surface area contributed by atoms with Crippen molar-refractivity contribution in [2.45, 2.75) is 6.54 Å². The summed E-state index contributed by atoms with van der Waals surface area (Å²) in [5, 5.41) is 6.61. The fraction of sp³-hybridized carbons (Fsp3) is 0.167. The van der Waals surface area contributed by atoms with Crippen LogP contribution < -0.4 is 4.90 Å². The summed E-state index contributed by atoms with van der Waals surface area (Å²) >= 11 is 1.45. The minimum Gasteiger partial charge on any atom is -0.300 e. The van der Waals surface area contributed by atoms with Crippen molar-refractivity contribution in [1.82, 2.24) is 14.7 Å². The summed E-state index contributed by atoms with van der Waals surface area (Å²) in [7, 11) is 2.07. The average Bonchev–Trinajstić information content (AvgIpc) is 3.48. The molecule has 0 aliphatic heterocycles. The Morgan fingerprint density at radius 1 is 0.933 bits per heavy atom. The molecule has 0 saturated heterocycles. The SMILES string of the molecule is CN(CCN(C(=O)c1cccs1)c1ccn(-c2ccccc2)n1)Cc1ccccc1. The Balaban J connectivity index is 1.51. The molecule has 0 N–H and O–H groups in total. The standard InChI is InChI=1S/C24H24N4OS/c1-26(19-20-9-4-2-5-10-20)16-17-27(24(29)22-13-8-18-30-22)23-14-15-28(25-23)21-11-6-3-7-12-21/h2-15,18H,16-17,19H2,1H3. The van der Waals surface area contributed by atoms with Crippen LogP contribution in [-0.4, -0.2) is 40.7 Å². The molecule has 5 nitrogen and oxygen atoms in total. The first-order valence-electron chi connectivity index (χ1n) is 9.89. The molecular formula is C24H24N4OS. The molecule has 1 amide bonds. The molecule has 4 aromatic rings. The van der Waals surface area contributed by atoms with Crippen molar-refractivity contribution in [2.24, 2.45) is 0 Å².